The number of likely N-dealkylation sites (N-methyl/N-ethyl adjacent to an activating group) is 2. The maximum absolute atomic E-state index is 12.5. The molecule has 116 valence electrons. The van der Waals surface area contributed by atoms with Crippen LogP contribution in [0.5, 0.6) is 5.75 Å². The molecular formula is C16H25N3O2. The van der Waals surface area contributed by atoms with Gasteiger partial charge in [0.15, 0.2) is 5.78 Å². The first-order chi connectivity index (χ1) is 9.95. The molecule has 1 fully saturated rings. The molecule has 0 amide bonds. The molecular weight excluding hydrogens is 266 g/mol. The van der Waals surface area contributed by atoms with Crippen LogP contribution in [0.1, 0.15) is 30.6 Å². The molecule has 1 atom stereocenters. The average molecular weight is 291 g/mol. The summed E-state index contributed by atoms with van der Waals surface area (Å²) < 4.78 is 5.60. The summed E-state index contributed by atoms with van der Waals surface area (Å²) >= 11 is 0. The number of Topliss-reactive ketones (excluding diaryl/α,β-unsaturated/α-hetero) is 1. The Hall–Kier alpha value is -1.46. The number of pyridine rings is 1. The van der Waals surface area contributed by atoms with Crippen LogP contribution in [-0.2, 0) is 0 Å². The Balaban J connectivity index is 2.02. The number of nitrogens with zero attached hydrogens (tertiary/aromatic N) is 3. The molecule has 1 aliphatic rings. The second-order valence-corrected chi connectivity index (χ2v) is 6.10. The normalized spacial score (nSPS) is 20.7. The molecule has 5 heteroatoms. The van der Waals surface area contributed by atoms with E-state index in [1.807, 2.05) is 13.8 Å². The van der Waals surface area contributed by atoms with E-state index >= 15 is 0 Å². The minimum atomic E-state index is 0.0790. The molecule has 0 radical (unpaired) electrons. The molecule has 0 N–H and O–H groups in total. The molecule has 1 aromatic heterocycles. The first kappa shape index (κ1) is 15.9. The molecule has 2 heterocycles. The van der Waals surface area contributed by atoms with Crippen LogP contribution in [0, 0.1) is 0 Å². The maximum atomic E-state index is 12.5. The van der Waals surface area contributed by atoms with E-state index in [0.717, 1.165) is 19.6 Å². The maximum Gasteiger partial charge on any atom is 0.166 e. The van der Waals surface area contributed by atoms with Crippen molar-refractivity contribution in [2.45, 2.75) is 32.4 Å². The fourth-order valence-electron chi connectivity index (χ4n) is 2.56. The van der Waals surface area contributed by atoms with Gasteiger partial charge in [0.25, 0.3) is 0 Å². The highest BCUT2D eigenvalue weighted by molar-refractivity contribution is 5.96. The summed E-state index contributed by atoms with van der Waals surface area (Å²) in [6, 6.07) is 2.06. The van der Waals surface area contributed by atoms with Gasteiger partial charge in [0, 0.05) is 43.9 Å². The Morgan fingerprint density at radius 2 is 2.14 bits per heavy atom. The average Bonchev–Trinajstić information content (AvgIpc) is 2.42. The summed E-state index contributed by atoms with van der Waals surface area (Å²) in [6.07, 6.45) is 3.88. The van der Waals surface area contributed by atoms with E-state index in [0.29, 0.717) is 17.7 Å². The van der Waals surface area contributed by atoms with Gasteiger partial charge in [-0.15, -0.1) is 0 Å². The van der Waals surface area contributed by atoms with Crippen molar-refractivity contribution in [3.63, 3.8) is 0 Å². The number of hydrogen-bond acceptors (Lipinski definition) is 5. The van der Waals surface area contributed by atoms with Crippen molar-refractivity contribution in [1.82, 2.24) is 14.8 Å². The van der Waals surface area contributed by atoms with E-state index in [9.17, 15) is 4.79 Å². The second kappa shape index (κ2) is 7.00. The van der Waals surface area contributed by atoms with Crippen molar-refractivity contribution in [3.05, 3.63) is 24.0 Å². The highest BCUT2D eigenvalue weighted by Crippen LogP contribution is 2.17. The molecule has 21 heavy (non-hydrogen) atoms. The minimum Gasteiger partial charge on any atom is -0.489 e. The predicted octanol–water partition coefficient (Wildman–Crippen LogP) is 1.69. The van der Waals surface area contributed by atoms with Crippen molar-refractivity contribution >= 4 is 5.78 Å². The van der Waals surface area contributed by atoms with Gasteiger partial charge >= 0.3 is 0 Å². The summed E-state index contributed by atoms with van der Waals surface area (Å²) in [7, 11) is 4.19. The molecule has 0 bridgehead atoms. The highest BCUT2D eigenvalue weighted by Gasteiger charge is 2.25. The van der Waals surface area contributed by atoms with Crippen molar-refractivity contribution in [3.8, 4) is 5.75 Å². The van der Waals surface area contributed by atoms with E-state index in [-0.39, 0.29) is 17.9 Å². The van der Waals surface area contributed by atoms with E-state index in [4.69, 9.17) is 4.74 Å². The predicted molar refractivity (Wildman–Crippen MR) is 82.9 cm³/mol. The molecule has 0 saturated carbocycles. The lowest BCUT2D eigenvalue weighted by Gasteiger charge is -2.37. The van der Waals surface area contributed by atoms with Gasteiger partial charge in [-0.25, -0.2) is 0 Å². The number of carbonyl (C=O) groups excluding carboxylic acids is 1. The van der Waals surface area contributed by atoms with E-state index in [1.54, 1.807) is 18.5 Å². The van der Waals surface area contributed by atoms with Gasteiger partial charge in [-0.2, -0.15) is 0 Å². The third-order valence-electron chi connectivity index (χ3n) is 3.81. The number of hydrogen-bond donors (Lipinski definition) is 0. The zero-order valence-electron chi connectivity index (χ0n) is 13.4. The van der Waals surface area contributed by atoms with Gasteiger partial charge in [-0.05, 0) is 34.0 Å². The zero-order chi connectivity index (χ0) is 15.4. The third kappa shape index (κ3) is 4.51. The number of rotatable bonds is 5. The van der Waals surface area contributed by atoms with Gasteiger partial charge < -0.3 is 14.5 Å². The van der Waals surface area contributed by atoms with Crippen LogP contribution >= 0.6 is 0 Å². The topological polar surface area (TPSA) is 45.7 Å². The monoisotopic (exact) mass is 291 g/mol. The quantitative estimate of drug-likeness (QED) is 0.773. The Labute approximate surface area is 126 Å². The van der Waals surface area contributed by atoms with Crippen LogP contribution in [0.15, 0.2) is 18.5 Å². The van der Waals surface area contributed by atoms with Crippen LogP contribution in [0.4, 0.5) is 0 Å². The first-order valence-corrected chi connectivity index (χ1v) is 7.49. The lowest BCUT2D eigenvalue weighted by molar-refractivity contribution is 0.0809. The van der Waals surface area contributed by atoms with E-state index in [2.05, 4.69) is 28.9 Å². The summed E-state index contributed by atoms with van der Waals surface area (Å²) in [6.45, 7) is 6.91. The van der Waals surface area contributed by atoms with E-state index < -0.39 is 0 Å². The molecule has 2 rings (SSSR count). The fourth-order valence-corrected chi connectivity index (χ4v) is 2.56. The minimum absolute atomic E-state index is 0.0790. The smallest absolute Gasteiger partial charge is 0.166 e. The first-order valence-electron chi connectivity index (χ1n) is 7.49. The molecule has 0 aliphatic carbocycles. The molecule has 1 saturated heterocycles. The molecule has 1 aromatic rings. The van der Waals surface area contributed by atoms with Crippen LogP contribution < -0.4 is 4.74 Å². The summed E-state index contributed by atoms with van der Waals surface area (Å²) in [4.78, 5) is 21.1. The van der Waals surface area contributed by atoms with E-state index in [1.165, 1.54) is 0 Å². The number of ketones is 1. The molecule has 5 nitrogen and oxygen atoms in total. The molecule has 1 aliphatic heterocycles. The summed E-state index contributed by atoms with van der Waals surface area (Å²) in [5.74, 6) is 0.786. The number of carbonyl (C=O) groups is 1. The molecule has 1 unspecified atom stereocenters. The summed E-state index contributed by atoms with van der Waals surface area (Å²) in [5.41, 5.74) is 0.634. The number of aromatic nitrogens is 1. The molecule has 0 spiro atoms. The number of ether oxygens (including phenoxy) is 1. The van der Waals surface area contributed by atoms with Crippen LogP contribution in [-0.4, -0.2) is 66.4 Å². The lowest BCUT2D eigenvalue weighted by atomic mass is 10.0. The molecule has 0 aromatic carbocycles. The van der Waals surface area contributed by atoms with Crippen LogP contribution in [0.25, 0.3) is 0 Å². The Kier molecular flexibility index (Phi) is 5.31. The Morgan fingerprint density at radius 3 is 2.86 bits per heavy atom. The lowest BCUT2D eigenvalue weighted by Crippen LogP contribution is -2.50. The SMILES string of the molecule is CC(C)Oc1cncc(C(=O)CC2CN(C)CCN2C)c1. The van der Waals surface area contributed by atoms with Crippen molar-refractivity contribution in [2.24, 2.45) is 0 Å². The van der Waals surface area contributed by atoms with Gasteiger partial charge in [0.2, 0.25) is 0 Å². The fraction of sp³-hybridized carbons (Fsp3) is 0.625. The highest BCUT2D eigenvalue weighted by atomic mass is 16.5. The van der Waals surface area contributed by atoms with Crippen LogP contribution in [0.3, 0.4) is 0 Å². The Morgan fingerprint density at radius 1 is 1.38 bits per heavy atom. The van der Waals surface area contributed by atoms with Crippen molar-refractivity contribution < 1.29 is 9.53 Å². The largest absolute Gasteiger partial charge is 0.489 e. The van der Waals surface area contributed by atoms with Gasteiger partial charge in [0.05, 0.1) is 12.3 Å². The van der Waals surface area contributed by atoms with Gasteiger partial charge in [0.1, 0.15) is 5.75 Å². The van der Waals surface area contributed by atoms with Gasteiger partial charge in [-0.1, -0.05) is 0 Å². The standard InChI is InChI=1S/C16H25N3O2/c1-12(2)21-15-7-13(9-17-10-15)16(20)8-14-11-18(3)5-6-19(14)4/h7,9-10,12,14H,5-6,8,11H2,1-4H3. The van der Waals surface area contributed by atoms with Crippen molar-refractivity contribution in [1.29, 1.82) is 0 Å². The number of piperazine rings is 1. The van der Waals surface area contributed by atoms with Gasteiger partial charge in [-0.3, -0.25) is 9.78 Å². The Bertz CT molecular complexity index is 490. The summed E-state index contributed by atoms with van der Waals surface area (Å²) in [5, 5.41) is 0. The second-order valence-electron chi connectivity index (χ2n) is 6.10. The van der Waals surface area contributed by atoms with Crippen molar-refractivity contribution in [2.75, 3.05) is 33.7 Å². The third-order valence-corrected chi connectivity index (χ3v) is 3.81. The zero-order valence-corrected chi connectivity index (χ0v) is 13.4. The van der Waals surface area contributed by atoms with Crippen LogP contribution in [0.2, 0.25) is 0 Å².